The highest BCUT2D eigenvalue weighted by atomic mass is 31.2. The van der Waals surface area contributed by atoms with E-state index in [1.54, 1.807) is 0 Å². The van der Waals surface area contributed by atoms with Crippen LogP contribution in [-0.2, 0) is 0 Å². The minimum atomic E-state index is -2.79. The molecule has 0 radical (unpaired) electrons. The molecule has 1 N–H and O–H groups in total. The predicted molar refractivity (Wildman–Crippen MR) is 130 cm³/mol. The quantitative estimate of drug-likeness (QED) is 0.394. The molecule has 2 heterocycles. The first-order chi connectivity index (χ1) is 15.2. The van der Waals surface area contributed by atoms with E-state index >= 15 is 0 Å². The average Bonchev–Trinajstić information content (AvgIpc) is 3.20. The summed E-state index contributed by atoms with van der Waals surface area (Å²) in [4.78, 5) is 16.9. The molecule has 0 unspecified atom stereocenters. The van der Waals surface area contributed by atoms with Gasteiger partial charge in [0, 0.05) is 16.2 Å². The van der Waals surface area contributed by atoms with Crippen LogP contribution >= 0.6 is 7.49 Å². The van der Waals surface area contributed by atoms with Gasteiger partial charge in [-0.25, -0.2) is 9.88 Å². The van der Waals surface area contributed by atoms with Crippen LogP contribution in [-0.4, -0.2) is 9.88 Å². The monoisotopic (exact) mass is 420 g/mol. The lowest BCUT2D eigenvalue weighted by atomic mass is 10.1. The van der Waals surface area contributed by atoms with Crippen molar-refractivity contribution in [3.8, 4) is 0 Å². The molecule has 3 nitrogen and oxygen atoms in total. The SMILES string of the molecule is O[P+](c1ccccc1)(c1ccccc1)c1ccc2oc3nc4ccccc4cc3c2c1. The van der Waals surface area contributed by atoms with Gasteiger partial charge in [0.25, 0.3) is 0 Å². The van der Waals surface area contributed by atoms with Gasteiger partial charge >= 0.3 is 0 Å². The lowest BCUT2D eigenvalue weighted by Gasteiger charge is -2.20. The van der Waals surface area contributed by atoms with Crippen molar-refractivity contribution in [2.45, 2.75) is 0 Å². The summed E-state index contributed by atoms with van der Waals surface area (Å²) in [7, 11) is -2.79. The molecule has 6 aromatic rings. The summed E-state index contributed by atoms with van der Waals surface area (Å²) >= 11 is 0. The van der Waals surface area contributed by atoms with Crippen LogP contribution in [0.3, 0.4) is 0 Å². The predicted octanol–water partition coefficient (Wildman–Crippen LogP) is 5.34. The van der Waals surface area contributed by atoms with Gasteiger partial charge in [0.1, 0.15) is 21.5 Å². The fourth-order valence-electron chi connectivity index (χ4n) is 4.23. The molecule has 0 saturated carbocycles. The topological polar surface area (TPSA) is 46.3 Å². The minimum absolute atomic E-state index is 0.618. The Labute approximate surface area is 180 Å². The zero-order chi connectivity index (χ0) is 20.8. The number of hydrogen-bond donors (Lipinski definition) is 1. The van der Waals surface area contributed by atoms with Gasteiger partial charge < -0.3 is 4.42 Å². The van der Waals surface area contributed by atoms with Gasteiger partial charge in [-0.15, -0.1) is 0 Å². The van der Waals surface area contributed by atoms with Crippen LogP contribution in [0.5, 0.6) is 0 Å². The van der Waals surface area contributed by atoms with Crippen molar-refractivity contribution >= 4 is 56.4 Å². The van der Waals surface area contributed by atoms with Crippen LogP contribution in [0.2, 0.25) is 0 Å². The Morgan fingerprint density at radius 3 is 1.97 bits per heavy atom. The van der Waals surface area contributed by atoms with Crippen LogP contribution in [0, 0.1) is 0 Å². The molecule has 0 fully saturated rings. The first kappa shape index (κ1) is 18.3. The van der Waals surface area contributed by atoms with Gasteiger partial charge in [0.2, 0.25) is 13.2 Å². The van der Waals surface area contributed by atoms with E-state index in [0.29, 0.717) is 5.71 Å². The van der Waals surface area contributed by atoms with Gasteiger partial charge in [-0.2, -0.15) is 0 Å². The van der Waals surface area contributed by atoms with Crippen molar-refractivity contribution in [2.24, 2.45) is 0 Å². The van der Waals surface area contributed by atoms with Crippen molar-refractivity contribution in [3.63, 3.8) is 0 Å². The molecule has 31 heavy (non-hydrogen) atoms. The normalized spacial score (nSPS) is 12.0. The van der Waals surface area contributed by atoms with Crippen molar-refractivity contribution in [2.75, 3.05) is 0 Å². The molecule has 0 saturated heterocycles. The van der Waals surface area contributed by atoms with Crippen LogP contribution in [0.4, 0.5) is 0 Å². The lowest BCUT2D eigenvalue weighted by molar-refractivity contribution is 0.633. The van der Waals surface area contributed by atoms with Crippen molar-refractivity contribution in [3.05, 3.63) is 109 Å². The van der Waals surface area contributed by atoms with Gasteiger partial charge in [0.15, 0.2) is 0 Å². The molecule has 0 aliphatic heterocycles. The third kappa shape index (κ3) is 2.86. The van der Waals surface area contributed by atoms with Crippen molar-refractivity contribution < 1.29 is 9.31 Å². The van der Waals surface area contributed by atoms with Crippen LogP contribution < -0.4 is 15.9 Å². The first-order valence-electron chi connectivity index (χ1n) is 10.2. The highest BCUT2D eigenvalue weighted by Gasteiger charge is 2.44. The minimum Gasteiger partial charge on any atom is -0.438 e. The maximum absolute atomic E-state index is 12.2. The van der Waals surface area contributed by atoms with E-state index in [4.69, 9.17) is 9.40 Å². The average molecular weight is 420 g/mol. The van der Waals surface area contributed by atoms with Gasteiger partial charge in [-0.3, -0.25) is 0 Å². The number of hydrogen-bond acceptors (Lipinski definition) is 3. The number of para-hydroxylation sites is 1. The van der Waals surface area contributed by atoms with E-state index in [-0.39, 0.29) is 0 Å². The second-order valence-electron chi connectivity index (χ2n) is 7.62. The molecule has 0 aliphatic rings. The largest absolute Gasteiger partial charge is 0.438 e. The van der Waals surface area contributed by atoms with Crippen molar-refractivity contribution in [1.82, 2.24) is 4.98 Å². The zero-order valence-corrected chi connectivity index (χ0v) is 17.5. The van der Waals surface area contributed by atoms with Crippen molar-refractivity contribution in [1.29, 1.82) is 0 Å². The molecule has 0 bridgehead atoms. The van der Waals surface area contributed by atoms with E-state index in [0.717, 1.165) is 43.2 Å². The smallest absolute Gasteiger partial charge is 0.238 e. The standard InChI is InChI=1S/C27H19NO2P/c29-31(20-10-3-1-4-11-20,21-12-5-2-6-13-21)22-15-16-26-23(18-22)24-17-19-9-7-8-14-25(19)28-27(24)30-26/h1-18,29H/q+1. The van der Waals surface area contributed by atoms with Gasteiger partial charge in [0.05, 0.1) is 5.52 Å². The number of aromatic nitrogens is 1. The second-order valence-corrected chi connectivity index (χ2v) is 10.4. The summed E-state index contributed by atoms with van der Waals surface area (Å²) in [5, 5.41) is 5.75. The molecule has 0 aliphatic carbocycles. The van der Waals surface area contributed by atoms with E-state index < -0.39 is 7.49 Å². The number of nitrogens with zero attached hydrogens (tertiary/aromatic N) is 1. The van der Waals surface area contributed by atoms with Crippen LogP contribution in [0.25, 0.3) is 33.0 Å². The van der Waals surface area contributed by atoms with E-state index in [9.17, 15) is 4.89 Å². The number of furan rings is 1. The Hall–Kier alpha value is -3.52. The Balaban J connectivity index is 1.64. The summed E-state index contributed by atoms with van der Waals surface area (Å²) in [6.07, 6.45) is 0. The first-order valence-corrected chi connectivity index (χ1v) is 11.9. The fourth-order valence-corrected chi connectivity index (χ4v) is 6.93. The highest BCUT2D eigenvalue weighted by Crippen LogP contribution is 2.51. The molecule has 0 atom stereocenters. The second kappa shape index (κ2) is 7.02. The van der Waals surface area contributed by atoms with Gasteiger partial charge in [-0.05, 0) is 54.6 Å². The third-order valence-corrected chi connectivity index (χ3v) is 8.90. The molecular formula is C27H19NO2P+. The fraction of sp³-hybridized carbons (Fsp3) is 0. The number of pyridine rings is 1. The van der Waals surface area contributed by atoms with E-state index in [2.05, 4.69) is 18.2 Å². The molecule has 4 heteroatoms. The number of fused-ring (bicyclic) bond motifs is 4. The maximum atomic E-state index is 12.2. The summed E-state index contributed by atoms with van der Waals surface area (Å²) in [6, 6.07) is 36.1. The summed E-state index contributed by atoms with van der Waals surface area (Å²) in [6.45, 7) is 0. The Kier molecular flexibility index (Phi) is 4.14. The lowest BCUT2D eigenvalue weighted by Crippen LogP contribution is -2.30. The molecular weight excluding hydrogens is 401 g/mol. The molecule has 0 amide bonds. The summed E-state index contributed by atoms with van der Waals surface area (Å²) in [5.41, 5.74) is 2.30. The molecule has 0 spiro atoms. The zero-order valence-electron chi connectivity index (χ0n) is 16.6. The Morgan fingerprint density at radius 1 is 0.613 bits per heavy atom. The Morgan fingerprint density at radius 2 is 1.26 bits per heavy atom. The van der Waals surface area contributed by atoms with E-state index in [1.165, 1.54) is 0 Å². The molecule has 148 valence electrons. The number of benzene rings is 4. The summed E-state index contributed by atoms with van der Waals surface area (Å²) in [5.74, 6) is 0. The van der Waals surface area contributed by atoms with Crippen LogP contribution in [0.15, 0.2) is 114 Å². The number of rotatable bonds is 3. The third-order valence-electron chi connectivity index (χ3n) is 5.78. The Bertz CT molecular complexity index is 1500. The summed E-state index contributed by atoms with van der Waals surface area (Å²) < 4.78 is 6.06. The highest BCUT2D eigenvalue weighted by molar-refractivity contribution is 7.91. The molecule has 2 aromatic heterocycles. The van der Waals surface area contributed by atoms with Gasteiger partial charge in [-0.1, -0.05) is 54.6 Å². The van der Waals surface area contributed by atoms with Crippen LogP contribution in [0.1, 0.15) is 0 Å². The molecule has 4 aromatic carbocycles. The van der Waals surface area contributed by atoms with E-state index in [1.807, 2.05) is 91.0 Å². The molecule has 6 rings (SSSR count). The maximum Gasteiger partial charge on any atom is 0.238 e.